The maximum Gasteiger partial charge on any atom is 0.240 e. The van der Waals surface area contributed by atoms with Gasteiger partial charge in [0.05, 0.1) is 13.2 Å². The highest BCUT2D eigenvalue weighted by Crippen LogP contribution is 2.23. The van der Waals surface area contributed by atoms with E-state index in [0.29, 0.717) is 29.6 Å². The molecule has 1 atom stereocenters. The third-order valence-electron chi connectivity index (χ3n) is 3.27. The van der Waals surface area contributed by atoms with Crippen LogP contribution in [0.4, 0.5) is 5.69 Å². The molecule has 0 spiro atoms. The van der Waals surface area contributed by atoms with Gasteiger partial charge in [0, 0.05) is 24.8 Å². The second-order valence-electron chi connectivity index (χ2n) is 5.16. The number of hydrogen-bond acceptors (Lipinski definition) is 6. The molecular formula is C16H19N3O4S. The van der Waals surface area contributed by atoms with E-state index in [9.17, 15) is 14.4 Å². The van der Waals surface area contributed by atoms with Crippen LogP contribution in [0.25, 0.3) is 0 Å². The number of nitrogens with one attached hydrogen (secondary N) is 2. The molecule has 1 aromatic rings. The van der Waals surface area contributed by atoms with E-state index in [1.165, 1.54) is 18.7 Å². The van der Waals surface area contributed by atoms with Crippen molar-refractivity contribution in [2.24, 2.45) is 4.99 Å². The summed E-state index contributed by atoms with van der Waals surface area (Å²) in [6.07, 6.45) is 0.0499. The smallest absolute Gasteiger partial charge is 0.240 e. The van der Waals surface area contributed by atoms with E-state index in [-0.39, 0.29) is 24.0 Å². The van der Waals surface area contributed by atoms with E-state index in [2.05, 4.69) is 15.6 Å². The summed E-state index contributed by atoms with van der Waals surface area (Å²) in [5.74, 6) is -0.526. The van der Waals surface area contributed by atoms with Crippen molar-refractivity contribution < 1.29 is 19.1 Å². The van der Waals surface area contributed by atoms with Gasteiger partial charge in [-0.25, -0.2) is 0 Å². The molecule has 1 aliphatic rings. The summed E-state index contributed by atoms with van der Waals surface area (Å²) in [4.78, 5) is 39.3. The molecule has 0 aromatic heterocycles. The van der Waals surface area contributed by atoms with Crippen LogP contribution in [0.3, 0.4) is 0 Å². The maximum absolute atomic E-state index is 12.1. The molecule has 2 rings (SSSR count). The van der Waals surface area contributed by atoms with E-state index in [1.807, 2.05) is 0 Å². The van der Waals surface area contributed by atoms with Crippen molar-refractivity contribution in [3.63, 3.8) is 0 Å². The van der Waals surface area contributed by atoms with Crippen molar-refractivity contribution in [3.05, 3.63) is 29.8 Å². The van der Waals surface area contributed by atoms with E-state index in [0.717, 1.165) is 0 Å². The minimum Gasteiger partial charge on any atom is -0.383 e. The Hall–Kier alpha value is -2.19. The van der Waals surface area contributed by atoms with Crippen LogP contribution in [0, 0.1) is 0 Å². The highest BCUT2D eigenvalue weighted by molar-refractivity contribution is 8.15. The standard InChI is InChI=1S/C16H19N3O4S/c1-10(20)11-3-5-12(6-4-11)18-14(21)9-13-15(22)19-16(24-13)17-7-8-23-2/h3-6,13H,7-9H2,1-2H3,(H,18,21)(H,17,19,22). The summed E-state index contributed by atoms with van der Waals surface area (Å²) in [6.45, 7) is 2.41. The number of carbonyl (C=O) groups is 3. The zero-order valence-corrected chi connectivity index (χ0v) is 14.3. The zero-order valence-electron chi connectivity index (χ0n) is 13.5. The number of amidine groups is 1. The first-order chi connectivity index (χ1) is 11.5. The van der Waals surface area contributed by atoms with Crippen molar-refractivity contribution >= 4 is 40.2 Å². The third-order valence-corrected chi connectivity index (χ3v) is 4.39. The Bertz CT molecular complexity index is 658. The number of anilines is 1. The molecule has 1 unspecified atom stereocenters. The van der Waals surface area contributed by atoms with Gasteiger partial charge < -0.3 is 15.4 Å². The highest BCUT2D eigenvalue weighted by atomic mass is 32.2. The first-order valence-corrected chi connectivity index (χ1v) is 8.29. The summed E-state index contributed by atoms with van der Waals surface area (Å²) < 4.78 is 4.90. The average Bonchev–Trinajstić information content (AvgIpc) is 2.88. The van der Waals surface area contributed by atoms with E-state index in [4.69, 9.17) is 4.74 Å². The average molecular weight is 349 g/mol. The topological polar surface area (TPSA) is 96.9 Å². The van der Waals surface area contributed by atoms with Gasteiger partial charge in [-0.05, 0) is 31.2 Å². The van der Waals surface area contributed by atoms with Crippen LogP contribution >= 0.6 is 11.8 Å². The fourth-order valence-electron chi connectivity index (χ4n) is 2.02. The van der Waals surface area contributed by atoms with Gasteiger partial charge in [0.15, 0.2) is 11.0 Å². The van der Waals surface area contributed by atoms with Crippen LogP contribution in [0.15, 0.2) is 29.3 Å². The van der Waals surface area contributed by atoms with Gasteiger partial charge in [-0.15, -0.1) is 0 Å². The molecule has 2 amide bonds. The van der Waals surface area contributed by atoms with Crippen molar-refractivity contribution in [1.29, 1.82) is 0 Å². The molecule has 24 heavy (non-hydrogen) atoms. The normalized spacial score (nSPS) is 18.5. The number of ketones is 1. The Balaban J connectivity index is 1.87. The molecule has 0 aliphatic carbocycles. The lowest BCUT2D eigenvalue weighted by Gasteiger charge is -2.07. The van der Waals surface area contributed by atoms with Gasteiger partial charge in [-0.2, -0.15) is 0 Å². The second-order valence-corrected chi connectivity index (χ2v) is 6.35. The van der Waals surface area contributed by atoms with E-state index >= 15 is 0 Å². The number of Topliss-reactive ketones (excluding diaryl/α,β-unsaturated/α-hetero) is 1. The number of hydrogen-bond donors (Lipinski definition) is 2. The molecule has 128 valence electrons. The van der Waals surface area contributed by atoms with Gasteiger partial charge in [0.25, 0.3) is 0 Å². The summed E-state index contributed by atoms with van der Waals surface area (Å²) in [7, 11) is 1.58. The number of nitrogens with zero attached hydrogens (tertiary/aromatic N) is 1. The van der Waals surface area contributed by atoms with E-state index < -0.39 is 5.25 Å². The Kier molecular flexibility index (Phi) is 6.51. The molecule has 1 aromatic carbocycles. The van der Waals surface area contributed by atoms with Crippen LogP contribution in [0.1, 0.15) is 23.7 Å². The lowest BCUT2D eigenvalue weighted by atomic mass is 10.1. The van der Waals surface area contributed by atoms with Crippen molar-refractivity contribution in [2.75, 3.05) is 25.6 Å². The molecule has 8 heteroatoms. The third kappa shape index (κ3) is 5.17. The van der Waals surface area contributed by atoms with Crippen LogP contribution in [0.5, 0.6) is 0 Å². The first kappa shape index (κ1) is 18.2. The Labute approximate surface area is 144 Å². The number of thioether (sulfide) groups is 1. The lowest BCUT2D eigenvalue weighted by Crippen LogP contribution is -2.28. The minimum atomic E-state index is -0.497. The molecule has 0 saturated carbocycles. The Morgan fingerprint density at radius 1 is 1.33 bits per heavy atom. The number of methoxy groups -OCH3 is 1. The largest absolute Gasteiger partial charge is 0.383 e. The second kappa shape index (κ2) is 8.60. The molecule has 0 bridgehead atoms. The highest BCUT2D eigenvalue weighted by Gasteiger charge is 2.31. The lowest BCUT2D eigenvalue weighted by molar-refractivity contribution is -0.122. The van der Waals surface area contributed by atoms with Gasteiger partial charge in [-0.3, -0.25) is 19.4 Å². The van der Waals surface area contributed by atoms with Crippen molar-refractivity contribution in [2.45, 2.75) is 18.6 Å². The summed E-state index contributed by atoms with van der Waals surface area (Å²) >= 11 is 1.24. The van der Waals surface area contributed by atoms with Gasteiger partial charge in [0.1, 0.15) is 5.25 Å². The van der Waals surface area contributed by atoms with E-state index in [1.54, 1.807) is 31.4 Å². The predicted octanol–water partition coefficient (Wildman–Crippen LogP) is 1.45. The number of ether oxygens (including phenoxy) is 1. The molecular weight excluding hydrogens is 330 g/mol. The Morgan fingerprint density at radius 2 is 2.04 bits per heavy atom. The van der Waals surface area contributed by atoms with Crippen molar-refractivity contribution in [3.8, 4) is 0 Å². The molecule has 2 N–H and O–H groups in total. The van der Waals surface area contributed by atoms with Crippen LogP contribution < -0.4 is 10.6 Å². The molecule has 1 saturated heterocycles. The summed E-state index contributed by atoms with van der Waals surface area (Å²) in [5.41, 5.74) is 1.16. The molecule has 7 nitrogen and oxygen atoms in total. The zero-order chi connectivity index (χ0) is 17.5. The van der Waals surface area contributed by atoms with Crippen molar-refractivity contribution in [1.82, 2.24) is 5.32 Å². The van der Waals surface area contributed by atoms with Crippen LogP contribution in [-0.4, -0.2) is 48.3 Å². The monoisotopic (exact) mass is 349 g/mol. The van der Waals surface area contributed by atoms with Gasteiger partial charge in [0.2, 0.25) is 11.8 Å². The van der Waals surface area contributed by atoms with Crippen LogP contribution in [0.2, 0.25) is 0 Å². The maximum atomic E-state index is 12.1. The number of benzene rings is 1. The number of carbonyl (C=O) groups excluding carboxylic acids is 3. The molecule has 1 aliphatic heterocycles. The van der Waals surface area contributed by atoms with Gasteiger partial charge in [-0.1, -0.05) is 11.8 Å². The fourth-order valence-corrected chi connectivity index (χ4v) is 3.02. The molecule has 1 heterocycles. The first-order valence-electron chi connectivity index (χ1n) is 7.41. The molecule has 1 fully saturated rings. The number of aliphatic imine (C=N–C) groups is 1. The van der Waals surface area contributed by atoms with Gasteiger partial charge >= 0.3 is 0 Å². The Morgan fingerprint density at radius 3 is 2.67 bits per heavy atom. The molecule has 0 radical (unpaired) electrons. The number of amides is 2. The SMILES string of the molecule is COCCN=C1NC(=O)C(CC(=O)Nc2ccc(C(C)=O)cc2)S1. The quantitative estimate of drug-likeness (QED) is 0.574. The number of rotatable bonds is 7. The summed E-state index contributed by atoms with van der Waals surface area (Å²) in [6, 6.07) is 6.62. The minimum absolute atomic E-state index is 0.0350. The fraction of sp³-hybridized carbons (Fsp3) is 0.375. The predicted molar refractivity (Wildman–Crippen MR) is 93.4 cm³/mol. The van der Waals surface area contributed by atoms with Crippen LogP contribution in [-0.2, 0) is 14.3 Å². The summed E-state index contributed by atoms with van der Waals surface area (Å²) in [5, 5.41) is 5.39.